The molecule has 0 aliphatic rings. The number of hydrogen-bond donors (Lipinski definition) is 2. The second-order valence-electron chi connectivity index (χ2n) is 4.67. The van der Waals surface area contributed by atoms with E-state index in [0.29, 0.717) is 25.1 Å². The fraction of sp³-hybridized carbons (Fsp3) is 0.250. The summed E-state index contributed by atoms with van der Waals surface area (Å²) in [7, 11) is 0. The molecule has 0 aliphatic carbocycles. The minimum Gasteiger partial charge on any atom is -0.356 e. The molecule has 0 aromatic heterocycles. The van der Waals surface area contributed by atoms with E-state index in [1.165, 1.54) is 0 Å². The van der Waals surface area contributed by atoms with Gasteiger partial charge in [0, 0.05) is 29.5 Å². The Balaban J connectivity index is 1.99. The van der Waals surface area contributed by atoms with Crippen LogP contribution in [-0.2, 0) is 4.79 Å². The predicted molar refractivity (Wildman–Crippen MR) is 87.3 cm³/mol. The van der Waals surface area contributed by atoms with Gasteiger partial charge in [-0.05, 0) is 42.0 Å². The maximum atomic E-state index is 12.0. The summed E-state index contributed by atoms with van der Waals surface area (Å²) in [6, 6.07) is 11.5. The third-order valence-corrected chi connectivity index (χ3v) is 3.57. The lowest BCUT2D eigenvalue weighted by atomic mass is 10.1. The molecule has 2 aromatic carbocycles. The lowest BCUT2D eigenvalue weighted by molar-refractivity contribution is -0.120. The first-order valence-electron chi connectivity index (χ1n) is 6.84. The number of halogens is 1. The first kappa shape index (κ1) is 15.5. The smallest absolute Gasteiger partial charge is 0.251 e. The average molecular weight is 349 g/mol. The van der Waals surface area contributed by atoms with Crippen molar-refractivity contribution in [1.29, 1.82) is 0 Å². The summed E-state index contributed by atoms with van der Waals surface area (Å²) < 4.78 is 1.01. The quantitative estimate of drug-likeness (QED) is 0.872. The summed E-state index contributed by atoms with van der Waals surface area (Å²) in [6.45, 7) is 2.81. The minimum atomic E-state index is -0.163. The molecule has 4 nitrogen and oxygen atoms in total. The largest absolute Gasteiger partial charge is 0.356 e. The van der Waals surface area contributed by atoms with Crippen molar-refractivity contribution in [2.24, 2.45) is 0 Å². The summed E-state index contributed by atoms with van der Waals surface area (Å²) in [5.41, 5.74) is 0.598. The van der Waals surface area contributed by atoms with Gasteiger partial charge in [-0.1, -0.05) is 28.1 Å². The molecule has 0 unspecified atom stereocenters. The molecule has 110 valence electrons. The van der Waals surface area contributed by atoms with E-state index in [0.717, 1.165) is 15.2 Å². The summed E-state index contributed by atoms with van der Waals surface area (Å²) in [6.07, 6.45) is 0.292. The van der Waals surface area contributed by atoms with E-state index >= 15 is 0 Å². The SMILES string of the molecule is CCNC(=O)CCNC(=O)c1ccc2cc(Br)ccc2c1. The van der Waals surface area contributed by atoms with E-state index in [1.54, 1.807) is 6.07 Å². The number of carbonyl (C=O) groups is 2. The number of amides is 2. The van der Waals surface area contributed by atoms with Crippen LogP contribution in [0.3, 0.4) is 0 Å². The van der Waals surface area contributed by atoms with E-state index in [4.69, 9.17) is 0 Å². The minimum absolute atomic E-state index is 0.0545. The van der Waals surface area contributed by atoms with Crippen molar-refractivity contribution >= 4 is 38.5 Å². The van der Waals surface area contributed by atoms with Gasteiger partial charge in [-0.2, -0.15) is 0 Å². The van der Waals surface area contributed by atoms with Gasteiger partial charge >= 0.3 is 0 Å². The number of nitrogens with one attached hydrogen (secondary N) is 2. The zero-order chi connectivity index (χ0) is 15.2. The van der Waals surface area contributed by atoms with Crippen LogP contribution in [0.25, 0.3) is 10.8 Å². The number of fused-ring (bicyclic) bond motifs is 1. The van der Waals surface area contributed by atoms with E-state index in [1.807, 2.05) is 37.3 Å². The van der Waals surface area contributed by atoms with E-state index in [-0.39, 0.29) is 11.8 Å². The van der Waals surface area contributed by atoms with E-state index in [2.05, 4.69) is 26.6 Å². The molecule has 2 rings (SSSR count). The van der Waals surface area contributed by atoms with Crippen LogP contribution in [0.2, 0.25) is 0 Å². The number of hydrogen-bond acceptors (Lipinski definition) is 2. The number of benzene rings is 2. The van der Waals surface area contributed by atoms with Crippen LogP contribution in [0.5, 0.6) is 0 Å². The first-order valence-corrected chi connectivity index (χ1v) is 7.63. The van der Waals surface area contributed by atoms with E-state index in [9.17, 15) is 9.59 Å². The highest BCUT2D eigenvalue weighted by atomic mass is 79.9. The molecule has 0 atom stereocenters. The molecular weight excluding hydrogens is 332 g/mol. The number of rotatable bonds is 5. The van der Waals surface area contributed by atoms with Crippen LogP contribution in [0, 0.1) is 0 Å². The molecule has 0 fully saturated rings. The Morgan fingerprint density at radius 1 is 1.05 bits per heavy atom. The normalized spacial score (nSPS) is 10.4. The molecule has 0 radical (unpaired) electrons. The first-order chi connectivity index (χ1) is 10.1. The van der Waals surface area contributed by atoms with Crippen molar-refractivity contribution in [2.75, 3.05) is 13.1 Å². The monoisotopic (exact) mass is 348 g/mol. The van der Waals surface area contributed by atoms with Crippen LogP contribution in [0.1, 0.15) is 23.7 Å². The molecule has 0 spiro atoms. The molecule has 2 aromatic rings. The van der Waals surface area contributed by atoms with Crippen molar-refractivity contribution in [3.8, 4) is 0 Å². The van der Waals surface area contributed by atoms with Crippen molar-refractivity contribution < 1.29 is 9.59 Å². The van der Waals surface area contributed by atoms with Crippen LogP contribution in [0.4, 0.5) is 0 Å². The Morgan fingerprint density at radius 2 is 1.76 bits per heavy atom. The molecule has 2 amide bonds. The number of carbonyl (C=O) groups excluding carboxylic acids is 2. The van der Waals surface area contributed by atoms with Gasteiger partial charge < -0.3 is 10.6 Å². The fourth-order valence-corrected chi connectivity index (χ4v) is 2.41. The van der Waals surface area contributed by atoms with E-state index < -0.39 is 0 Å². The van der Waals surface area contributed by atoms with Gasteiger partial charge in [0.25, 0.3) is 5.91 Å². The van der Waals surface area contributed by atoms with Gasteiger partial charge in [0.05, 0.1) is 0 Å². The van der Waals surface area contributed by atoms with Crippen LogP contribution >= 0.6 is 15.9 Å². The highest BCUT2D eigenvalue weighted by Crippen LogP contribution is 2.20. The Bertz CT molecular complexity index is 670. The molecule has 5 heteroatoms. The van der Waals surface area contributed by atoms with Gasteiger partial charge in [-0.25, -0.2) is 0 Å². The van der Waals surface area contributed by atoms with Gasteiger partial charge in [-0.3, -0.25) is 9.59 Å². The molecule has 0 bridgehead atoms. The maximum absolute atomic E-state index is 12.0. The third kappa shape index (κ3) is 4.29. The third-order valence-electron chi connectivity index (χ3n) is 3.08. The highest BCUT2D eigenvalue weighted by Gasteiger charge is 2.07. The summed E-state index contributed by atoms with van der Waals surface area (Å²) >= 11 is 3.42. The lowest BCUT2D eigenvalue weighted by Crippen LogP contribution is -2.30. The molecule has 0 aliphatic heterocycles. The zero-order valence-electron chi connectivity index (χ0n) is 11.8. The van der Waals surface area contributed by atoms with Gasteiger partial charge in [0.2, 0.25) is 5.91 Å². The summed E-state index contributed by atoms with van der Waals surface area (Å²) in [4.78, 5) is 23.3. The molecule has 0 saturated carbocycles. The van der Waals surface area contributed by atoms with Crippen LogP contribution in [-0.4, -0.2) is 24.9 Å². The molecule has 0 heterocycles. The predicted octanol–water partition coefficient (Wildman–Crippen LogP) is 2.86. The van der Waals surface area contributed by atoms with Crippen molar-refractivity contribution in [3.63, 3.8) is 0 Å². The Morgan fingerprint density at radius 3 is 2.52 bits per heavy atom. The van der Waals surface area contributed by atoms with Crippen molar-refractivity contribution in [2.45, 2.75) is 13.3 Å². The van der Waals surface area contributed by atoms with Crippen LogP contribution in [0.15, 0.2) is 40.9 Å². The van der Waals surface area contributed by atoms with Crippen LogP contribution < -0.4 is 10.6 Å². The zero-order valence-corrected chi connectivity index (χ0v) is 13.4. The summed E-state index contributed by atoms with van der Waals surface area (Å²) in [5, 5.41) is 7.53. The lowest BCUT2D eigenvalue weighted by Gasteiger charge is -2.07. The summed E-state index contributed by atoms with van der Waals surface area (Å²) in [5.74, 6) is -0.217. The fourth-order valence-electron chi connectivity index (χ4n) is 2.04. The molecular formula is C16H17BrN2O2. The second-order valence-corrected chi connectivity index (χ2v) is 5.58. The highest BCUT2D eigenvalue weighted by molar-refractivity contribution is 9.10. The molecule has 21 heavy (non-hydrogen) atoms. The maximum Gasteiger partial charge on any atom is 0.251 e. The van der Waals surface area contributed by atoms with Gasteiger partial charge in [-0.15, -0.1) is 0 Å². The van der Waals surface area contributed by atoms with Crippen molar-refractivity contribution in [3.05, 3.63) is 46.4 Å². The molecule has 0 saturated heterocycles. The topological polar surface area (TPSA) is 58.2 Å². The standard InChI is InChI=1S/C16H17BrN2O2/c1-2-18-15(20)7-8-19-16(21)13-4-3-12-10-14(17)6-5-11(12)9-13/h3-6,9-10H,2,7-8H2,1H3,(H,18,20)(H,19,21). The van der Waals surface area contributed by atoms with Gasteiger partial charge in [0.15, 0.2) is 0 Å². The van der Waals surface area contributed by atoms with Crippen molar-refractivity contribution in [1.82, 2.24) is 10.6 Å². The van der Waals surface area contributed by atoms with Gasteiger partial charge in [0.1, 0.15) is 0 Å². The Hall–Kier alpha value is -1.88. The molecule has 2 N–H and O–H groups in total. The average Bonchev–Trinajstić information content (AvgIpc) is 2.46. The Kier molecular flexibility index (Phi) is 5.33. The Labute approximate surface area is 132 Å². The second kappa shape index (κ2) is 7.22.